The molecule has 0 radical (unpaired) electrons. The van der Waals surface area contributed by atoms with E-state index in [9.17, 15) is 0 Å². The lowest BCUT2D eigenvalue weighted by molar-refractivity contribution is 0.253. The molecular weight excluding hydrogens is 242 g/mol. The van der Waals surface area contributed by atoms with E-state index in [1.807, 2.05) is 17.5 Å². The van der Waals surface area contributed by atoms with Gasteiger partial charge in [-0.25, -0.2) is 4.98 Å². The van der Waals surface area contributed by atoms with Crippen LogP contribution in [0.1, 0.15) is 50.0 Å². The summed E-state index contributed by atoms with van der Waals surface area (Å²) in [5, 5.41) is 4.91. The lowest BCUT2D eigenvalue weighted by Gasteiger charge is -2.23. The zero-order chi connectivity index (χ0) is 13.1. The second-order valence-corrected chi connectivity index (χ2v) is 6.64. The van der Waals surface area contributed by atoms with E-state index in [0.717, 1.165) is 13.0 Å². The Morgan fingerprint density at radius 1 is 1.50 bits per heavy atom. The molecule has 1 aromatic rings. The molecule has 1 aliphatic rings. The highest BCUT2D eigenvalue weighted by Crippen LogP contribution is 2.28. The fraction of sp³-hybridized carbons (Fsp3) is 0.786. The van der Waals surface area contributed by atoms with Crippen molar-refractivity contribution in [3.8, 4) is 0 Å². The number of rotatable bonds is 5. The summed E-state index contributed by atoms with van der Waals surface area (Å²) in [6.07, 6.45) is 4.40. The van der Waals surface area contributed by atoms with Gasteiger partial charge in [0.1, 0.15) is 5.01 Å². The van der Waals surface area contributed by atoms with Crippen LogP contribution in [0.4, 0.5) is 0 Å². The van der Waals surface area contributed by atoms with Crippen molar-refractivity contribution in [2.24, 2.45) is 0 Å². The summed E-state index contributed by atoms with van der Waals surface area (Å²) in [7, 11) is 0. The number of hydrogen-bond acceptors (Lipinski definition) is 4. The van der Waals surface area contributed by atoms with E-state index >= 15 is 0 Å². The molecule has 1 aromatic heterocycles. The largest absolute Gasteiger partial charge is 0.310 e. The Hall–Kier alpha value is -0.450. The molecule has 18 heavy (non-hydrogen) atoms. The molecule has 1 N–H and O–H groups in total. The Morgan fingerprint density at radius 2 is 2.28 bits per heavy atom. The summed E-state index contributed by atoms with van der Waals surface area (Å²) in [4.78, 5) is 8.52. The van der Waals surface area contributed by atoms with Gasteiger partial charge in [-0.3, -0.25) is 4.90 Å². The first-order valence-electron chi connectivity index (χ1n) is 7.04. The second kappa shape index (κ2) is 6.13. The van der Waals surface area contributed by atoms with E-state index in [1.165, 1.54) is 22.9 Å². The Labute approximate surface area is 115 Å². The van der Waals surface area contributed by atoms with Crippen LogP contribution in [0.25, 0.3) is 0 Å². The van der Waals surface area contributed by atoms with E-state index in [4.69, 9.17) is 0 Å². The topological polar surface area (TPSA) is 28.2 Å². The third-order valence-corrected chi connectivity index (χ3v) is 4.93. The zero-order valence-electron chi connectivity index (χ0n) is 11.9. The third kappa shape index (κ3) is 3.31. The standard InChI is InChI=1S/C14H25N3S/c1-5-13-8-15-14(18-13)11(4)17-7-6-12(9-17)16-10(2)3/h8,10-12,16H,5-7,9H2,1-4H3. The summed E-state index contributed by atoms with van der Waals surface area (Å²) in [6, 6.07) is 1.70. The monoisotopic (exact) mass is 267 g/mol. The highest BCUT2D eigenvalue weighted by Gasteiger charge is 2.28. The van der Waals surface area contributed by atoms with Crippen molar-refractivity contribution in [2.75, 3.05) is 13.1 Å². The van der Waals surface area contributed by atoms with Crippen LogP contribution in [-0.4, -0.2) is 35.1 Å². The van der Waals surface area contributed by atoms with Crippen molar-refractivity contribution in [3.63, 3.8) is 0 Å². The fourth-order valence-electron chi connectivity index (χ4n) is 2.58. The van der Waals surface area contributed by atoms with Gasteiger partial charge >= 0.3 is 0 Å². The van der Waals surface area contributed by atoms with Crippen molar-refractivity contribution in [3.05, 3.63) is 16.1 Å². The van der Waals surface area contributed by atoms with E-state index < -0.39 is 0 Å². The van der Waals surface area contributed by atoms with Gasteiger partial charge in [0.05, 0.1) is 6.04 Å². The fourth-order valence-corrected chi connectivity index (χ4v) is 3.53. The number of hydrogen-bond donors (Lipinski definition) is 1. The van der Waals surface area contributed by atoms with Gasteiger partial charge in [0.15, 0.2) is 0 Å². The lowest BCUT2D eigenvalue weighted by atomic mass is 10.2. The SMILES string of the molecule is CCc1cnc(C(C)N2CCC(NC(C)C)C2)s1. The minimum atomic E-state index is 0.467. The molecule has 0 aromatic carbocycles. The molecule has 102 valence electrons. The van der Waals surface area contributed by atoms with Crippen molar-refractivity contribution in [1.29, 1.82) is 0 Å². The first kappa shape index (κ1) is 14.0. The minimum Gasteiger partial charge on any atom is -0.310 e. The van der Waals surface area contributed by atoms with E-state index in [0.29, 0.717) is 18.1 Å². The van der Waals surface area contributed by atoms with Crippen LogP contribution in [0, 0.1) is 0 Å². The van der Waals surface area contributed by atoms with E-state index in [-0.39, 0.29) is 0 Å². The van der Waals surface area contributed by atoms with Gasteiger partial charge in [0.25, 0.3) is 0 Å². The Morgan fingerprint density at radius 3 is 2.89 bits per heavy atom. The Kier molecular flexibility index (Phi) is 4.76. The maximum atomic E-state index is 4.57. The van der Waals surface area contributed by atoms with Crippen LogP contribution in [-0.2, 0) is 6.42 Å². The molecule has 0 spiro atoms. The van der Waals surface area contributed by atoms with Crippen LogP contribution in [0.15, 0.2) is 6.20 Å². The van der Waals surface area contributed by atoms with Crippen LogP contribution >= 0.6 is 11.3 Å². The average molecular weight is 267 g/mol. The van der Waals surface area contributed by atoms with Crippen molar-refractivity contribution in [1.82, 2.24) is 15.2 Å². The molecule has 0 aliphatic carbocycles. The second-order valence-electron chi connectivity index (χ2n) is 5.50. The summed E-state index contributed by atoms with van der Waals surface area (Å²) >= 11 is 1.87. The molecule has 1 fully saturated rings. The maximum Gasteiger partial charge on any atom is 0.110 e. The van der Waals surface area contributed by atoms with Gasteiger partial charge in [-0.1, -0.05) is 20.8 Å². The summed E-state index contributed by atoms with van der Waals surface area (Å²) in [5.74, 6) is 0. The number of aryl methyl sites for hydroxylation is 1. The first-order chi connectivity index (χ1) is 8.60. The predicted octanol–water partition coefficient (Wildman–Crippen LogP) is 2.84. The molecule has 2 heterocycles. The van der Waals surface area contributed by atoms with Crippen LogP contribution in [0.5, 0.6) is 0 Å². The predicted molar refractivity (Wildman–Crippen MR) is 78.2 cm³/mol. The summed E-state index contributed by atoms with van der Waals surface area (Å²) in [6.45, 7) is 11.3. The molecule has 1 aliphatic heterocycles. The molecule has 0 amide bonds. The number of thiazole rings is 1. The van der Waals surface area contributed by atoms with Crippen LogP contribution in [0.3, 0.4) is 0 Å². The molecule has 0 saturated carbocycles. The van der Waals surface area contributed by atoms with Gasteiger partial charge in [0, 0.05) is 36.2 Å². The number of nitrogens with one attached hydrogen (secondary N) is 1. The van der Waals surface area contributed by atoms with Gasteiger partial charge in [-0.05, 0) is 19.8 Å². The van der Waals surface area contributed by atoms with Crippen molar-refractivity contribution >= 4 is 11.3 Å². The maximum absolute atomic E-state index is 4.57. The number of aromatic nitrogens is 1. The molecule has 2 rings (SSSR count). The first-order valence-corrected chi connectivity index (χ1v) is 7.86. The van der Waals surface area contributed by atoms with Crippen LogP contribution < -0.4 is 5.32 Å². The smallest absolute Gasteiger partial charge is 0.110 e. The van der Waals surface area contributed by atoms with Crippen molar-refractivity contribution < 1.29 is 0 Å². The molecular formula is C14H25N3S. The molecule has 0 bridgehead atoms. The molecule has 2 atom stereocenters. The van der Waals surface area contributed by atoms with E-state index in [1.54, 1.807) is 0 Å². The molecule has 4 heteroatoms. The third-order valence-electron chi connectivity index (χ3n) is 3.61. The zero-order valence-corrected chi connectivity index (χ0v) is 12.8. The van der Waals surface area contributed by atoms with E-state index in [2.05, 4.69) is 42.9 Å². The normalized spacial score (nSPS) is 22.8. The van der Waals surface area contributed by atoms with Gasteiger partial charge in [-0.15, -0.1) is 11.3 Å². The summed E-state index contributed by atoms with van der Waals surface area (Å²) < 4.78 is 0. The number of likely N-dealkylation sites (tertiary alicyclic amines) is 1. The minimum absolute atomic E-state index is 0.467. The Balaban J connectivity index is 1.92. The average Bonchev–Trinajstić information content (AvgIpc) is 2.95. The molecule has 3 nitrogen and oxygen atoms in total. The highest BCUT2D eigenvalue weighted by atomic mass is 32.1. The van der Waals surface area contributed by atoms with Gasteiger partial charge < -0.3 is 5.32 Å². The van der Waals surface area contributed by atoms with Gasteiger partial charge in [0.2, 0.25) is 0 Å². The van der Waals surface area contributed by atoms with Crippen LogP contribution in [0.2, 0.25) is 0 Å². The van der Waals surface area contributed by atoms with Gasteiger partial charge in [-0.2, -0.15) is 0 Å². The highest BCUT2D eigenvalue weighted by molar-refractivity contribution is 7.11. The quantitative estimate of drug-likeness (QED) is 0.889. The van der Waals surface area contributed by atoms with Crippen molar-refractivity contribution in [2.45, 2.75) is 58.7 Å². The number of nitrogens with zero attached hydrogens (tertiary/aromatic N) is 2. The Bertz CT molecular complexity index is 375. The lowest BCUT2D eigenvalue weighted by Crippen LogP contribution is -2.37. The molecule has 2 unspecified atom stereocenters. The summed E-state index contributed by atoms with van der Waals surface area (Å²) in [5.41, 5.74) is 0. The molecule has 1 saturated heterocycles.